The average Bonchev–Trinajstić information content (AvgIpc) is 2.44. The van der Waals surface area contributed by atoms with Crippen LogP contribution >= 0.6 is 23.5 Å². The standard InChI is InChI=1S/C15H16BrF2O3P/c1-3-9-11-7-5-6-8-12(11)10(4-2)14(16)13(9)15(17,18)22(19,20)21/h5-8H,3-4H2,1-2H3,(H2,19,20,21)/p-2. The zero-order chi connectivity index (χ0) is 16.7. The molecular weight excluding hydrogens is 377 g/mol. The van der Waals surface area contributed by atoms with Crippen LogP contribution < -0.4 is 9.79 Å². The minimum absolute atomic E-state index is 0.00229. The van der Waals surface area contributed by atoms with E-state index in [-0.39, 0.29) is 16.5 Å². The molecule has 0 aliphatic rings. The Balaban J connectivity index is 3.02. The van der Waals surface area contributed by atoms with Crippen molar-refractivity contribution in [2.24, 2.45) is 0 Å². The smallest absolute Gasteiger partial charge is 0.298 e. The molecule has 0 radical (unpaired) electrons. The van der Waals surface area contributed by atoms with Crippen molar-refractivity contribution in [2.75, 3.05) is 0 Å². The van der Waals surface area contributed by atoms with E-state index in [0.29, 0.717) is 17.4 Å². The van der Waals surface area contributed by atoms with Crippen molar-refractivity contribution in [3.63, 3.8) is 0 Å². The third-order valence-electron chi connectivity index (χ3n) is 3.72. The van der Waals surface area contributed by atoms with E-state index in [4.69, 9.17) is 0 Å². The van der Waals surface area contributed by atoms with Gasteiger partial charge >= 0.3 is 0 Å². The van der Waals surface area contributed by atoms with Crippen molar-refractivity contribution < 1.29 is 23.1 Å². The first-order chi connectivity index (χ1) is 10.2. The molecule has 0 spiro atoms. The normalized spacial score (nSPS) is 12.9. The molecule has 0 saturated heterocycles. The minimum atomic E-state index is -6.13. The van der Waals surface area contributed by atoms with Crippen molar-refractivity contribution in [1.82, 2.24) is 0 Å². The van der Waals surface area contributed by atoms with E-state index >= 15 is 0 Å². The van der Waals surface area contributed by atoms with Gasteiger partial charge in [0.25, 0.3) is 5.66 Å². The molecule has 0 aliphatic carbocycles. The van der Waals surface area contributed by atoms with E-state index in [0.717, 1.165) is 5.39 Å². The number of alkyl halides is 2. The zero-order valence-corrected chi connectivity index (χ0v) is 14.5. The summed E-state index contributed by atoms with van der Waals surface area (Å²) >= 11 is 3.10. The third-order valence-corrected chi connectivity index (χ3v) is 5.50. The molecule has 0 unspecified atom stereocenters. The van der Waals surface area contributed by atoms with E-state index < -0.39 is 18.8 Å². The van der Waals surface area contributed by atoms with Crippen molar-refractivity contribution >= 4 is 34.3 Å². The lowest BCUT2D eigenvalue weighted by atomic mass is 9.92. The Bertz CT molecular complexity index is 771. The van der Waals surface area contributed by atoms with Gasteiger partial charge in [-0.05, 0) is 50.7 Å². The molecule has 0 aromatic heterocycles. The van der Waals surface area contributed by atoms with Crippen LogP contribution in [0.15, 0.2) is 28.7 Å². The Morgan fingerprint density at radius 3 is 1.95 bits per heavy atom. The van der Waals surface area contributed by atoms with Gasteiger partial charge in [0.05, 0.1) is 0 Å². The molecule has 0 saturated carbocycles. The van der Waals surface area contributed by atoms with E-state index in [1.54, 1.807) is 38.1 Å². The molecule has 7 heteroatoms. The van der Waals surface area contributed by atoms with Gasteiger partial charge < -0.3 is 14.4 Å². The van der Waals surface area contributed by atoms with Crippen LogP contribution in [0.5, 0.6) is 0 Å². The lowest BCUT2D eigenvalue weighted by Gasteiger charge is -2.39. The first kappa shape index (κ1) is 17.5. The summed E-state index contributed by atoms with van der Waals surface area (Å²) in [5, 5.41) is 1.33. The second-order valence-electron chi connectivity index (χ2n) is 4.94. The van der Waals surface area contributed by atoms with Crippen LogP contribution in [0, 0.1) is 0 Å². The molecule has 0 aliphatic heterocycles. The van der Waals surface area contributed by atoms with Crippen molar-refractivity contribution in [1.29, 1.82) is 0 Å². The van der Waals surface area contributed by atoms with Crippen LogP contribution in [0.4, 0.5) is 8.78 Å². The summed E-state index contributed by atoms with van der Waals surface area (Å²) in [4.78, 5) is 22.2. The van der Waals surface area contributed by atoms with Gasteiger partial charge in [-0.2, -0.15) is 8.78 Å². The quantitative estimate of drug-likeness (QED) is 0.747. The zero-order valence-electron chi connectivity index (χ0n) is 12.0. The summed E-state index contributed by atoms with van der Waals surface area (Å²) in [6.07, 6.45) is 0.615. The van der Waals surface area contributed by atoms with Gasteiger partial charge in [-0.3, -0.25) is 0 Å². The van der Waals surface area contributed by atoms with Crippen LogP contribution in [-0.2, 0) is 23.1 Å². The Kier molecular flexibility index (Phi) is 4.79. The Morgan fingerprint density at radius 2 is 1.55 bits per heavy atom. The molecular formula is C15H14BrF2O3P-2. The Morgan fingerprint density at radius 1 is 1.09 bits per heavy atom. The molecule has 0 atom stereocenters. The highest BCUT2D eigenvalue weighted by atomic mass is 79.9. The average molecular weight is 391 g/mol. The molecule has 2 rings (SSSR count). The molecule has 2 aromatic rings. The van der Waals surface area contributed by atoms with Gasteiger partial charge in [0.1, 0.15) is 0 Å². The topological polar surface area (TPSA) is 63.2 Å². The first-order valence-corrected chi connectivity index (χ1v) is 9.12. The number of aryl methyl sites for hydroxylation is 2. The summed E-state index contributed by atoms with van der Waals surface area (Å²) in [6.45, 7) is 3.44. The maximum Gasteiger partial charge on any atom is 0.298 e. The highest BCUT2D eigenvalue weighted by Gasteiger charge is 2.41. The van der Waals surface area contributed by atoms with E-state index in [1.165, 1.54) is 0 Å². The highest BCUT2D eigenvalue weighted by molar-refractivity contribution is 9.10. The van der Waals surface area contributed by atoms with E-state index in [1.807, 2.05) is 0 Å². The molecule has 0 bridgehead atoms. The second kappa shape index (κ2) is 6.00. The second-order valence-corrected chi connectivity index (χ2v) is 7.29. The third kappa shape index (κ3) is 2.62. The number of rotatable bonds is 4. The van der Waals surface area contributed by atoms with Crippen LogP contribution in [0.1, 0.15) is 30.5 Å². The van der Waals surface area contributed by atoms with E-state index in [9.17, 15) is 23.1 Å². The molecule has 22 heavy (non-hydrogen) atoms. The lowest BCUT2D eigenvalue weighted by molar-refractivity contribution is -0.335. The lowest BCUT2D eigenvalue weighted by Crippen LogP contribution is -2.31. The SMILES string of the molecule is CCc1c(Br)c(C(F)(F)P(=O)([O-])[O-])c(CC)c2ccccc12. The summed E-state index contributed by atoms with van der Waals surface area (Å²) in [6, 6.07) is 6.95. The largest absolute Gasteiger partial charge is 0.806 e. The molecule has 0 amide bonds. The van der Waals surface area contributed by atoms with Crippen LogP contribution in [0.3, 0.4) is 0 Å². The van der Waals surface area contributed by atoms with Crippen LogP contribution in [0.2, 0.25) is 0 Å². The van der Waals surface area contributed by atoms with Crippen molar-refractivity contribution in [3.8, 4) is 0 Å². The fourth-order valence-electron chi connectivity index (χ4n) is 2.71. The molecule has 2 aromatic carbocycles. The Labute approximate surface area is 135 Å². The van der Waals surface area contributed by atoms with Crippen molar-refractivity contribution in [2.45, 2.75) is 32.4 Å². The van der Waals surface area contributed by atoms with Gasteiger partial charge in [0.2, 0.25) is 0 Å². The Hall–Kier alpha value is -0.810. The molecule has 120 valence electrons. The van der Waals surface area contributed by atoms with Crippen molar-refractivity contribution in [3.05, 3.63) is 45.4 Å². The molecule has 0 heterocycles. The highest BCUT2D eigenvalue weighted by Crippen LogP contribution is 2.57. The molecule has 3 nitrogen and oxygen atoms in total. The van der Waals surface area contributed by atoms with Crippen LogP contribution in [-0.4, -0.2) is 0 Å². The number of benzene rings is 2. The van der Waals surface area contributed by atoms with Crippen LogP contribution in [0.25, 0.3) is 10.8 Å². The maximum atomic E-state index is 14.3. The predicted molar refractivity (Wildman–Crippen MR) is 81.9 cm³/mol. The summed E-state index contributed by atoms with van der Waals surface area (Å²) in [7, 11) is -6.13. The predicted octanol–water partition coefficient (Wildman–Crippen LogP) is 3.69. The molecule has 0 fully saturated rings. The van der Waals surface area contributed by atoms with E-state index in [2.05, 4.69) is 15.9 Å². The number of halogens is 3. The van der Waals surface area contributed by atoms with Gasteiger partial charge in [-0.15, -0.1) is 0 Å². The number of hydrogen-bond donors (Lipinski definition) is 0. The summed E-state index contributed by atoms with van der Waals surface area (Å²) in [5.74, 6) is 0. The first-order valence-electron chi connectivity index (χ1n) is 6.79. The fourth-order valence-corrected chi connectivity index (χ4v) is 4.37. The summed E-state index contributed by atoms with van der Waals surface area (Å²) in [5.41, 5.74) is -4.43. The minimum Gasteiger partial charge on any atom is -0.806 e. The van der Waals surface area contributed by atoms with Gasteiger partial charge in [-0.1, -0.05) is 38.1 Å². The maximum absolute atomic E-state index is 14.3. The molecule has 0 N–H and O–H groups in total. The van der Waals surface area contributed by atoms with Gasteiger partial charge in [0, 0.05) is 17.6 Å². The number of fused-ring (bicyclic) bond motifs is 1. The van der Waals surface area contributed by atoms with Gasteiger partial charge in [0.15, 0.2) is 0 Å². The monoisotopic (exact) mass is 390 g/mol. The van der Waals surface area contributed by atoms with Gasteiger partial charge in [-0.25, -0.2) is 0 Å². The fraction of sp³-hybridized carbons (Fsp3) is 0.333. The number of hydrogen-bond acceptors (Lipinski definition) is 3. The summed E-state index contributed by atoms with van der Waals surface area (Å²) < 4.78 is 39.7.